The number of aliphatic hydroxyl groups is 1. The van der Waals surface area contributed by atoms with Gasteiger partial charge >= 0.3 is 0 Å². The molecular weight excluding hydrogens is 368 g/mol. The summed E-state index contributed by atoms with van der Waals surface area (Å²) in [5, 5.41) is 10.3. The maximum atomic E-state index is 12.7. The zero-order chi connectivity index (χ0) is 16.9. The Morgan fingerprint density at radius 2 is 1.91 bits per heavy atom. The summed E-state index contributed by atoms with van der Waals surface area (Å²) in [7, 11) is -3.97. The fraction of sp³-hybridized carbons (Fsp3) is 0.312. The third-order valence-corrected chi connectivity index (χ3v) is 6.85. The van der Waals surface area contributed by atoms with Crippen LogP contribution < -0.4 is 0 Å². The van der Waals surface area contributed by atoms with E-state index in [4.69, 9.17) is 0 Å². The second-order valence-corrected chi connectivity index (χ2v) is 9.08. The number of carbonyl (C=O) groups is 1. The summed E-state index contributed by atoms with van der Waals surface area (Å²) in [6, 6.07) is 5.30. The molecule has 0 radical (unpaired) electrons. The number of hydrogen-bond acceptors (Lipinski definition) is 4. The van der Waals surface area contributed by atoms with Crippen LogP contribution in [0.15, 0.2) is 39.9 Å². The molecule has 1 N–H and O–H groups in total. The standard InChI is InChI=1S/C16H17BrO4S/c1-5-10-8-11(17)6-7-12(10)13-14(18)9(2)22(20,21)16(3,4)15(13)19/h6-8,18H,2,5H2,1,3-4H3. The Kier molecular flexibility index (Phi) is 4.13. The van der Waals surface area contributed by atoms with Gasteiger partial charge in [0.05, 0.1) is 5.57 Å². The summed E-state index contributed by atoms with van der Waals surface area (Å²) in [5.74, 6) is -1.17. The minimum absolute atomic E-state index is 0.0224. The number of benzene rings is 1. The molecule has 4 nitrogen and oxygen atoms in total. The lowest BCUT2D eigenvalue weighted by molar-refractivity contribution is -0.115. The van der Waals surface area contributed by atoms with Crippen molar-refractivity contribution < 1.29 is 18.3 Å². The molecule has 118 valence electrons. The smallest absolute Gasteiger partial charge is 0.194 e. The average molecular weight is 385 g/mol. The first-order chi connectivity index (χ1) is 10.1. The molecular formula is C16H17BrO4S. The molecule has 0 aliphatic carbocycles. The topological polar surface area (TPSA) is 71.4 Å². The molecule has 6 heteroatoms. The number of Topliss-reactive ketones (excluding diaryl/α,β-unsaturated/α-hetero) is 1. The highest BCUT2D eigenvalue weighted by atomic mass is 79.9. The number of ketones is 1. The van der Waals surface area contributed by atoms with Crippen LogP contribution in [-0.4, -0.2) is 24.1 Å². The van der Waals surface area contributed by atoms with E-state index >= 15 is 0 Å². The fourth-order valence-corrected chi connectivity index (χ4v) is 4.18. The molecule has 0 fully saturated rings. The summed E-state index contributed by atoms with van der Waals surface area (Å²) in [5.41, 5.74) is 1.40. The minimum atomic E-state index is -3.97. The molecule has 0 amide bonds. The number of hydrogen-bond donors (Lipinski definition) is 1. The molecule has 2 rings (SSSR count). The largest absolute Gasteiger partial charge is 0.506 e. The number of aliphatic hydroxyl groups excluding tert-OH is 1. The molecule has 1 aliphatic rings. The number of aryl methyl sites for hydroxylation is 1. The molecule has 1 aromatic rings. The molecule has 0 saturated carbocycles. The fourth-order valence-electron chi connectivity index (χ4n) is 2.45. The van der Waals surface area contributed by atoms with Crippen molar-refractivity contribution in [3.8, 4) is 0 Å². The molecule has 1 aliphatic heterocycles. The summed E-state index contributed by atoms with van der Waals surface area (Å²) in [4.78, 5) is 12.3. The quantitative estimate of drug-likeness (QED) is 0.845. The number of allylic oxidation sites excluding steroid dienone is 1. The zero-order valence-electron chi connectivity index (χ0n) is 12.6. The van der Waals surface area contributed by atoms with Crippen LogP contribution in [-0.2, 0) is 21.1 Å². The SMILES string of the molecule is C=C1C(O)=C(c2ccc(Br)cc2CC)C(=O)C(C)(C)S1(=O)=O. The van der Waals surface area contributed by atoms with Crippen LogP contribution >= 0.6 is 15.9 Å². The molecule has 22 heavy (non-hydrogen) atoms. The summed E-state index contributed by atoms with van der Waals surface area (Å²) < 4.78 is 23.8. The predicted molar refractivity (Wildman–Crippen MR) is 90.2 cm³/mol. The zero-order valence-corrected chi connectivity index (χ0v) is 15.0. The van der Waals surface area contributed by atoms with Gasteiger partial charge < -0.3 is 5.11 Å². The van der Waals surface area contributed by atoms with E-state index < -0.39 is 31.0 Å². The lowest BCUT2D eigenvalue weighted by Gasteiger charge is -2.31. The Labute approximate surface area is 138 Å². The summed E-state index contributed by atoms with van der Waals surface area (Å²) in [6.45, 7) is 8.07. The molecule has 1 aromatic carbocycles. The second-order valence-electron chi connectivity index (χ2n) is 5.64. The van der Waals surface area contributed by atoms with Crippen molar-refractivity contribution in [2.24, 2.45) is 0 Å². The van der Waals surface area contributed by atoms with Crippen LogP contribution in [0.5, 0.6) is 0 Å². The van der Waals surface area contributed by atoms with Crippen molar-refractivity contribution in [1.29, 1.82) is 0 Å². The van der Waals surface area contributed by atoms with Crippen LogP contribution in [0.25, 0.3) is 5.57 Å². The Balaban J connectivity index is 2.83. The maximum absolute atomic E-state index is 12.7. The van der Waals surface area contributed by atoms with Crippen molar-refractivity contribution in [2.75, 3.05) is 0 Å². The van der Waals surface area contributed by atoms with Crippen molar-refractivity contribution in [1.82, 2.24) is 0 Å². The highest BCUT2D eigenvalue weighted by molar-refractivity contribution is 9.10. The third-order valence-electron chi connectivity index (χ3n) is 3.99. The van der Waals surface area contributed by atoms with Crippen LogP contribution in [0.2, 0.25) is 0 Å². The van der Waals surface area contributed by atoms with Crippen LogP contribution in [0.4, 0.5) is 0 Å². The van der Waals surface area contributed by atoms with Crippen LogP contribution in [0, 0.1) is 0 Å². The summed E-state index contributed by atoms with van der Waals surface area (Å²) >= 11 is 3.37. The highest BCUT2D eigenvalue weighted by Crippen LogP contribution is 2.41. The maximum Gasteiger partial charge on any atom is 0.194 e. The second kappa shape index (κ2) is 5.35. The molecule has 0 unspecified atom stereocenters. The van der Waals surface area contributed by atoms with E-state index in [2.05, 4.69) is 22.5 Å². The first kappa shape index (κ1) is 17.0. The Morgan fingerprint density at radius 1 is 1.32 bits per heavy atom. The van der Waals surface area contributed by atoms with Gasteiger partial charge in [-0.25, -0.2) is 8.42 Å². The Bertz CT molecular complexity index is 817. The summed E-state index contributed by atoms with van der Waals surface area (Å²) in [6.07, 6.45) is 0.637. The monoisotopic (exact) mass is 384 g/mol. The van der Waals surface area contributed by atoms with E-state index in [9.17, 15) is 18.3 Å². The first-order valence-corrected chi connectivity index (χ1v) is 9.04. The lowest BCUT2D eigenvalue weighted by Crippen LogP contribution is -2.45. The van der Waals surface area contributed by atoms with Crippen molar-refractivity contribution in [2.45, 2.75) is 31.9 Å². The Hall–Kier alpha value is -1.40. The van der Waals surface area contributed by atoms with E-state index in [1.54, 1.807) is 12.1 Å². The van der Waals surface area contributed by atoms with Gasteiger partial charge in [0.1, 0.15) is 15.4 Å². The van der Waals surface area contributed by atoms with Gasteiger partial charge in [0.25, 0.3) is 0 Å². The van der Waals surface area contributed by atoms with Crippen LogP contribution in [0.1, 0.15) is 31.9 Å². The van der Waals surface area contributed by atoms with Crippen LogP contribution in [0.3, 0.4) is 0 Å². The molecule has 0 spiro atoms. The molecule has 0 atom stereocenters. The van der Waals surface area contributed by atoms with Gasteiger partial charge in [-0.05, 0) is 43.5 Å². The van der Waals surface area contributed by atoms with E-state index in [1.165, 1.54) is 13.8 Å². The molecule has 0 saturated heterocycles. The highest BCUT2D eigenvalue weighted by Gasteiger charge is 2.51. The Morgan fingerprint density at radius 3 is 2.45 bits per heavy atom. The van der Waals surface area contributed by atoms with Crippen molar-refractivity contribution in [3.63, 3.8) is 0 Å². The van der Waals surface area contributed by atoms with Gasteiger partial charge in [-0.15, -0.1) is 0 Å². The van der Waals surface area contributed by atoms with E-state index in [0.29, 0.717) is 12.0 Å². The normalized spacial score (nSPS) is 20.4. The van der Waals surface area contributed by atoms with Gasteiger partial charge in [0.15, 0.2) is 15.6 Å². The van der Waals surface area contributed by atoms with Gasteiger partial charge in [0.2, 0.25) is 0 Å². The van der Waals surface area contributed by atoms with Gasteiger partial charge in [-0.3, -0.25) is 4.79 Å². The van der Waals surface area contributed by atoms with E-state index in [0.717, 1.165) is 10.0 Å². The molecule has 1 heterocycles. The molecule has 0 aromatic heterocycles. The first-order valence-electron chi connectivity index (χ1n) is 6.76. The lowest BCUT2D eigenvalue weighted by atomic mass is 9.89. The van der Waals surface area contributed by atoms with E-state index in [1.807, 2.05) is 13.0 Å². The van der Waals surface area contributed by atoms with Crippen molar-refractivity contribution >= 4 is 37.1 Å². The number of carbonyl (C=O) groups excluding carboxylic acids is 1. The predicted octanol–water partition coefficient (Wildman–Crippen LogP) is 3.57. The average Bonchev–Trinajstić information content (AvgIpc) is 2.46. The molecule has 0 bridgehead atoms. The van der Waals surface area contributed by atoms with Gasteiger partial charge in [-0.1, -0.05) is 35.5 Å². The third kappa shape index (κ3) is 2.25. The van der Waals surface area contributed by atoms with Gasteiger partial charge in [0, 0.05) is 4.47 Å². The van der Waals surface area contributed by atoms with Gasteiger partial charge in [-0.2, -0.15) is 0 Å². The van der Waals surface area contributed by atoms with Crippen molar-refractivity contribution in [3.05, 3.63) is 51.0 Å². The van der Waals surface area contributed by atoms with E-state index in [-0.39, 0.29) is 5.57 Å². The minimum Gasteiger partial charge on any atom is -0.506 e. The number of rotatable bonds is 2. The number of sulfone groups is 1. The number of halogens is 1.